The van der Waals surface area contributed by atoms with Gasteiger partial charge in [-0.2, -0.15) is 0 Å². The lowest BCUT2D eigenvalue weighted by Crippen LogP contribution is -2.36. The molecule has 0 aromatic heterocycles. The molecule has 0 saturated carbocycles. The SMILES string of the molecule is CCN(C)CCCN(C)c1c(C(C)(C)C)c(=S)c1=O. The zero-order valence-electron chi connectivity index (χ0n) is 13.0. The normalized spacial score (nSPS) is 12.4. The largest absolute Gasteiger partial charge is 0.371 e. The highest BCUT2D eigenvalue weighted by Gasteiger charge is 2.29. The first kappa shape index (κ1) is 16.3. The summed E-state index contributed by atoms with van der Waals surface area (Å²) in [7, 11) is 4.11. The van der Waals surface area contributed by atoms with Crippen molar-refractivity contribution in [3.05, 3.63) is 20.3 Å². The van der Waals surface area contributed by atoms with Crippen LogP contribution in [0.25, 0.3) is 0 Å². The molecule has 1 aromatic carbocycles. The fourth-order valence-electron chi connectivity index (χ4n) is 2.29. The summed E-state index contributed by atoms with van der Waals surface area (Å²) < 4.78 is 0.528. The quantitative estimate of drug-likeness (QED) is 0.749. The Balaban J connectivity index is 2.74. The fraction of sp³-hybridized carbons (Fsp3) is 0.733. The van der Waals surface area contributed by atoms with Crippen LogP contribution in [-0.2, 0) is 5.41 Å². The summed E-state index contributed by atoms with van der Waals surface area (Å²) in [6, 6.07) is 0. The van der Waals surface area contributed by atoms with Gasteiger partial charge < -0.3 is 9.80 Å². The van der Waals surface area contributed by atoms with E-state index in [1.54, 1.807) is 0 Å². The van der Waals surface area contributed by atoms with Gasteiger partial charge in [-0.1, -0.05) is 39.9 Å². The lowest BCUT2D eigenvalue weighted by Gasteiger charge is -2.31. The lowest BCUT2D eigenvalue weighted by atomic mass is 9.82. The zero-order chi connectivity index (χ0) is 14.8. The molecule has 0 spiro atoms. The molecule has 0 aliphatic carbocycles. The van der Waals surface area contributed by atoms with E-state index < -0.39 is 0 Å². The number of rotatable bonds is 6. The molecule has 0 bridgehead atoms. The molecule has 1 aromatic rings. The van der Waals surface area contributed by atoms with E-state index in [0.717, 1.165) is 37.3 Å². The Bertz CT molecular complexity index is 495. The second kappa shape index (κ2) is 6.14. The molecular formula is C15H26N2OS. The summed E-state index contributed by atoms with van der Waals surface area (Å²) in [6.07, 6.45) is 1.06. The zero-order valence-corrected chi connectivity index (χ0v) is 13.9. The monoisotopic (exact) mass is 282 g/mol. The van der Waals surface area contributed by atoms with Crippen molar-refractivity contribution >= 4 is 17.9 Å². The third-order valence-corrected chi connectivity index (χ3v) is 3.98. The predicted octanol–water partition coefficient (Wildman–Crippen LogP) is 2.73. The Kier molecular flexibility index (Phi) is 5.27. The van der Waals surface area contributed by atoms with Gasteiger partial charge in [-0.15, -0.1) is 0 Å². The highest BCUT2D eigenvalue weighted by molar-refractivity contribution is 7.71. The van der Waals surface area contributed by atoms with Crippen molar-refractivity contribution in [3.63, 3.8) is 0 Å². The van der Waals surface area contributed by atoms with Gasteiger partial charge in [-0.3, -0.25) is 4.79 Å². The van der Waals surface area contributed by atoms with Crippen LogP contribution >= 0.6 is 12.2 Å². The van der Waals surface area contributed by atoms with Crippen molar-refractivity contribution < 1.29 is 0 Å². The van der Waals surface area contributed by atoms with E-state index >= 15 is 0 Å². The van der Waals surface area contributed by atoms with Crippen LogP contribution in [0.1, 0.15) is 39.7 Å². The van der Waals surface area contributed by atoms with Crippen LogP contribution in [0, 0.1) is 4.51 Å². The second-order valence-electron chi connectivity index (χ2n) is 6.30. The van der Waals surface area contributed by atoms with Crippen molar-refractivity contribution in [2.24, 2.45) is 0 Å². The molecular weight excluding hydrogens is 256 g/mol. The van der Waals surface area contributed by atoms with Gasteiger partial charge in [0.2, 0.25) is 5.43 Å². The van der Waals surface area contributed by atoms with Crippen molar-refractivity contribution in [1.82, 2.24) is 4.90 Å². The molecule has 3 nitrogen and oxygen atoms in total. The minimum atomic E-state index is -0.0468. The predicted molar refractivity (Wildman–Crippen MR) is 85.7 cm³/mol. The van der Waals surface area contributed by atoms with Crippen LogP contribution in [0.2, 0.25) is 0 Å². The summed E-state index contributed by atoms with van der Waals surface area (Å²) in [5.74, 6) is 0. The molecule has 0 saturated heterocycles. The summed E-state index contributed by atoms with van der Waals surface area (Å²) in [6.45, 7) is 11.5. The van der Waals surface area contributed by atoms with E-state index in [1.807, 2.05) is 7.05 Å². The Morgan fingerprint density at radius 2 is 1.74 bits per heavy atom. The van der Waals surface area contributed by atoms with Gasteiger partial charge in [-0.05, 0) is 32.0 Å². The highest BCUT2D eigenvalue weighted by Crippen LogP contribution is 2.32. The Morgan fingerprint density at radius 1 is 1.16 bits per heavy atom. The van der Waals surface area contributed by atoms with Gasteiger partial charge in [0.05, 0.1) is 10.2 Å². The summed E-state index contributed by atoms with van der Waals surface area (Å²) in [5, 5.41) is 0. The molecule has 0 N–H and O–H groups in total. The highest BCUT2D eigenvalue weighted by atomic mass is 32.1. The lowest BCUT2D eigenvalue weighted by molar-refractivity contribution is 0.348. The van der Waals surface area contributed by atoms with Crippen molar-refractivity contribution in [1.29, 1.82) is 0 Å². The maximum atomic E-state index is 12.0. The van der Waals surface area contributed by atoms with Gasteiger partial charge in [0, 0.05) is 19.2 Å². The molecule has 0 aliphatic heterocycles. The molecule has 0 radical (unpaired) electrons. The number of hydrogen-bond acceptors (Lipinski definition) is 4. The smallest absolute Gasteiger partial charge is 0.220 e. The molecule has 0 fully saturated rings. The number of nitrogens with zero attached hydrogens (tertiary/aromatic N) is 2. The van der Waals surface area contributed by atoms with Crippen LogP contribution in [0.3, 0.4) is 0 Å². The molecule has 1 rings (SSSR count). The van der Waals surface area contributed by atoms with Gasteiger partial charge in [0.1, 0.15) is 0 Å². The average molecular weight is 282 g/mol. The first-order valence-electron chi connectivity index (χ1n) is 6.93. The summed E-state index contributed by atoms with van der Waals surface area (Å²) in [4.78, 5) is 16.3. The molecule has 0 unspecified atom stereocenters. The van der Waals surface area contributed by atoms with Gasteiger partial charge >= 0.3 is 0 Å². The first-order chi connectivity index (χ1) is 8.70. The van der Waals surface area contributed by atoms with Gasteiger partial charge in [0.25, 0.3) is 0 Å². The summed E-state index contributed by atoms with van der Waals surface area (Å²) in [5.41, 5.74) is 1.89. The van der Waals surface area contributed by atoms with E-state index in [1.165, 1.54) is 0 Å². The van der Waals surface area contributed by atoms with Crippen LogP contribution in [0.5, 0.6) is 0 Å². The van der Waals surface area contributed by atoms with E-state index in [4.69, 9.17) is 12.2 Å². The molecule has 0 atom stereocenters. The van der Waals surface area contributed by atoms with Gasteiger partial charge in [0.15, 0.2) is 0 Å². The minimum Gasteiger partial charge on any atom is -0.371 e. The number of hydrogen-bond donors (Lipinski definition) is 0. The topological polar surface area (TPSA) is 23.6 Å². The van der Waals surface area contributed by atoms with Crippen molar-refractivity contribution in [2.45, 2.75) is 39.5 Å². The molecule has 4 heteroatoms. The van der Waals surface area contributed by atoms with Gasteiger partial charge in [-0.25, -0.2) is 0 Å². The van der Waals surface area contributed by atoms with Crippen LogP contribution in [0.15, 0.2) is 4.79 Å². The Labute approximate surface area is 121 Å². The molecule has 0 amide bonds. The van der Waals surface area contributed by atoms with Crippen LogP contribution < -0.4 is 10.3 Å². The molecule has 19 heavy (non-hydrogen) atoms. The molecule has 0 aliphatic rings. The minimum absolute atomic E-state index is 0.0468. The molecule has 0 heterocycles. The van der Waals surface area contributed by atoms with E-state index in [9.17, 15) is 4.79 Å². The Hall–Kier alpha value is -0.740. The standard InChI is InChI=1S/C15H26N2OS/c1-7-16(5)9-8-10-17(6)12-11(15(2,3)4)14(19)13(12)18/h7-10H2,1-6H3. The maximum Gasteiger partial charge on any atom is 0.220 e. The van der Waals surface area contributed by atoms with Crippen LogP contribution in [0.4, 0.5) is 5.69 Å². The summed E-state index contributed by atoms with van der Waals surface area (Å²) >= 11 is 5.20. The Morgan fingerprint density at radius 3 is 2.21 bits per heavy atom. The maximum absolute atomic E-state index is 12.0. The van der Waals surface area contributed by atoms with E-state index in [0.29, 0.717) is 4.51 Å². The third kappa shape index (κ3) is 3.63. The third-order valence-electron chi connectivity index (χ3n) is 3.59. The molecule has 108 valence electrons. The van der Waals surface area contributed by atoms with Crippen molar-refractivity contribution in [3.8, 4) is 0 Å². The fourth-order valence-corrected chi connectivity index (χ4v) is 2.79. The first-order valence-corrected chi connectivity index (χ1v) is 7.34. The van der Waals surface area contributed by atoms with Crippen molar-refractivity contribution in [2.75, 3.05) is 38.6 Å². The van der Waals surface area contributed by atoms with E-state index in [-0.39, 0.29) is 10.8 Å². The van der Waals surface area contributed by atoms with Crippen LogP contribution in [-0.4, -0.2) is 38.6 Å². The number of anilines is 1. The second-order valence-corrected chi connectivity index (χ2v) is 6.71. The average Bonchev–Trinajstić information content (AvgIpc) is 2.32. The van der Waals surface area contributed by atoms with E-state index in [2.05, 4.69) is 44.5 Å².